The maximum absolute atomic E-state index is 4.50. The molecule has 0 N–H and O–H groups in total. The molecule has 0 saturated carbocycles. The van der Waals surface area contributed by atoms with E-state index in [1.165, 1.54) is 11.1 Å². The van der Waals surface area contributed by atoms with Gasteiger partial charge < -0.3 is 14.5 Å². The summed E-state index contributed by atoms with van der Waals surface area (Å²) in [5.74, 6) is 1.15. The Hall–Kier alpha value is 1.65. The normalized spacial score (nSPS) is 9.80. The first-order valence-electron chi connectivity index (χ1n) is 4.85. The van der Waals surface area contributed by atoms with E-state index in [9.17, 15) is 0 Å². The average molecular weight is 238 g/mol. The first kappa shape index (κ1) is 19.0. The van der Waals surface area contributed by atoms with Gasteiger partial charge in [0, 0.05) is 0 Å². The van der Waals surface area contributed by atoms with Gasteiger partial charge in [-0.05, 0) is 17.4 Å². The zero-order chi connectivity index (χ0) is 10.0. The largest absolute Gasteiger partial charge is 1.45 e. The van der Waals surface area contributed by atoms with Crippen molar-refractivity contribution in [3.05, 3.63) is 29.3 Å². The van der Waals surface area contributed by atoms with Gasteiger partial charge in [-0.2, -0.15) is 0 Å². The van der Waals surface area contributed by atoms with Crippen LogP contribution in [0, 0.1) is 0 Å². The third-order valence-corrected chi connectivity index (χ3v) is 2.73. The summed E-state index contributed by atoms with van der Waals surface area (Å²) in [5.41, 5.74) is 2.71. The molecule has 0 aliphatic rings. The van der Waals surface area contributed by atoms with Gasteiger partial charge in [0.25, 0.3) is 0 Å². The molecule has 1 rings (SSSR count). The molecule has 0 unspecified atom stereocenters. The SMILES string of the molecule is CC(C)c1ccc(C(C)C)c([P-2])c1.[Na+].[Na+]. The van der Waals surface area contributed by atoms with Crippen molar-refractivity contribution in [1.29, 1.82) is 0 Å². The van der Waals surface area contributed by atoms with Crippen LogP contribution >= 0.6 is 9.24 Å². The summed E-state index contributed by atoms with van der Waals surface area (Å²) in [4.78, 5) is 0. The van der Waals surface area contributed by atoms with E-state index in [4.69, 9.17) is 0 Å². The summed E-state index contributed by atoms with van der Waals surface area (Å²) in [6.07, 6.45) is 0. The van der Waals surface area contributed by atoms with Gasteiger partial charge in [-0.1, -0.05) is 39.8 Å². The van der Waals surface area contributed by atoms with Crippen molar-refractivity contribution >= 4 is 14.5 Å². The summed E-state index contributed by atoms with van der Waals surface area (Å²) in [7, 11) is 4.50. The van der Waals surface area contributed by atoms with Crippen LogP contribution in [0.3, 0.4) is 0 Å². The number of hydrogen-bond acceptors (Lipinski definition) is 0. The Labute approximate surface area is 141 Å². The van der Waals surface area contributed by atoms with Crippen molar-refractivity contribution in [1.82, 2.24) is 0 Å². The maximum atomic E-state index is 4.50. The maximum Gasteiger partial charge on any atom is 1.00 e. The van der Waals surface area contributed by atoms with Crippen LogP contribution in [-0.4, -0.2) is 0 Å². The Morgan fingerprint density at radius 3 is 1.80 bits per heavy atom. The van der Waals surface area contributed by atoms with Crippen molar-refractivity contribution in [2.24, 2.45) is 0 Å². The molecule has 0 heterocycles. The van der Waals surface area contributed by atoms with E-state index in [0.717, 1.165) is 5.30 Å². The minimum Gasteiger partial charge on any atom is -1.45 e. The molecular weight excluding hydrogens is 221 g/mol. The molecule has 0 aliphatic heterocycles. The fourth-order valence-corrected chi connectivity index (χ4v) is 1.89. The second-order valence-electron chi connectivity index (χ2n) is 4.13. The summed E-state index contributed by atoms with van der Waals surface area (Å²) in [6, 6.07) is 6.59. The van der Waals surface area contributed by atoms with E-state index < -0.39 is 0 Å². The fourth-order valence-electron chi connectivity index (χ4n) is 1.41. The molecule has 72 valence electrons. The number of hydrogen-bond donors (Lipinski definition) is 0. The smallest absolute Gasteiger partial charge is 1.00 e. The van der Waals surface area contributed by atoms with E-state index >= 15 is 0 Å². The van der Waals surface area contributed by atoms with Gasteiger partial charge in [0.1, 0.15) is 0 Å². The average Bonchev–Trinajstić information content (AvgIpc) is 2.03. The molecule has 15 heavy (non-hydrogen) atoms. The summed E-state index contributed by atoms with van der Waals surface area (Å²) in [6.45, 7) is 8.81. The van der Waals surface area contributed by atoms with Crippen LogP contribution in [0.5, 0.6) is 0 Å². The van der Waals surface area contributed by atoms with E-state index in [1.54, 1.807) is 0 Å². The van der Waals surface area contributed by atoms with Gasteiger partial charge in [0.05, 0.1) is 0 Å². The molecule has 0 spiro atoms. The van der Waals surface area contributed by atoms with E-state index in [2.05, 4.69) is 55.1 Å². The van der Waals surface area contributed by atoms with Crippen LogP contribution in [0.15, 0.2) is 18.2 Å². The molecule has 0 atom stereocenters. The Bertz CT molecular complexity index is 296. The summed E-state index contributed by atoms with van der Waals surface area (Å²) >= 11 is 0. The van der Waals surface area contributed by atoms with Crippen LogP contribution in [0.2, 0.25) is 0 Å². The predicted octanol–water partition coefficient (Wildman–Crippen LogP) is -2.02. The van der Waals surface area contributed by atoms with Gasteiger partial charge in [-0.25, -0.2) is 0 Å². The monoisotopic (exact) mass is 238 g/mol. The molecule has 0 aromatic heterocycles. The quantitative estimate of drug-likeness (QED) is 0.412. The van der Waals surface area contributed by atoms with Gasteiger partial charge in [-0.3, -0.25) is 0 Å². The number of benzene rings is 1. The van der Waals surface area contributed by atoms with Crippen molar-refractivity contribution in [2.75, 3.05) is 0 Å². The van der Waals surface area contributed by atoms with Crippen molar-refractivity contribution in [3.63, 3.8) is 0 Å². The second kappa shape index (κ2) is 8.70. The zero-order valence-electron chi connectivity index (χ0n) is 10.8. The molecule has 0 nitrogen and oxygen atoms in total. The third kappa shape index (κ3) is 5.68. The zero-order valence-corrected chi connectivity index (χ0v) is 15.7. The fraction of sp³-hybridized carbons (Fsp3) is 0.500. The minimum atomic E-state index is 0. The molecule has 0 amide bonds. The molecule has 0 aliphatic carbocycles. The minimum absolute atomic E-state index is 0. The van der Waals surface area contributed by atoms with E-state index in [-0.39, 0.29) is 59.1 Å². The van der Waals surface area contributed by atoms with Crippen LogP contribution < -0.4 is 64.4 Å². The summed E-state index contributed by atoms with van der Waals surface area (Å²) in [5, 5.41) is 1.13. The molecule has 3 heteroatoms. The van der Waals surface area contributed by atoms with Crippen LogP contribution in [0.25, 0.3) is 0 Å². The first-order valence-corrected chi connectivity index (χ1v) is 5.30. The Kier molecular flexibility index (Phi) is 11.0. The van der Waals surface area contributed by atoms with Crippen LogP contribution in [0.1, 0.15) is 50.7 Å². The second-order valence-corrected chi connectivity index (χ2v) is 4.61. The van der Waals surface area contributed by atoms with Gasteiger partial charge >= 0.3 is 59.1 Å². The Balaban J connectivity index is 0. The van der Waals surface area contributed by atoms with Crippen LogP contribution in [0.4, 0.5) is 0 Å². The van der Waals surface area contributed by atoms with E-state index in [0.29, 0.717) is 11.8 Å². The third-order valence-electron chi connectivity index (χ3n) is 2.34. The van der Waals surface area contributed by atoms with Gasteiger partial charge in [0.15, 0.2) is 0 Å². The van der Waals surface area contributed by atoms with Gasteiger partial charge in [0.2, 0.25) is 0 Å². The topological polar surface area (TPSA) is 0 Å². The standard InChI is InChI=1S/C12H17P.2Na/c1-8(2)10-5-6-11(9(3)4)12(13)7-10;;/h5-9H,1-4H3;;/q-2;2*+1. The van der Waals surface area contributed by atoms with Crippen molar-refractivity contribution in [2.45, 2.75) is 39.5 Å². The Morgan fingerprint density at radius 1 is 0.933 bits per heavy atom. The Morgan fingerprint density at radius 2 is 1.47 bits per heavy atom. The summed E-state index contributed by atoms with van der Waals surface area (Å²) < 4.78 is 0. The van der Waals surface area contributed by atoms with Crippen molar-refractivity contribution < 1.29 is 59.1 Å². The number of rotatable bonds is 2. The van der Waals surface area contributed by atoms with E-state index in [1.807, 2.05) is 0 Å². The molecular formula is C12H17Na2P. The molecule has 0 radical (unpaired) electrons. The van der Waals surface area contributed by atoms with Crippen molar-refractivity contribution in [3.8, 4) is 0 Å². The van der Waals surface area contributed by atoms with Crippen LogP contribution in [-0.2, 0) is 0 Å². The molecule has 0 fully saturated rings. The van der Waals surface area contributed by atoms with Gasteiger partial charge in [-0.15, -0.1) is 11.6 Å². The molecule has 1 aromatic carbocycles. The molecule has 0 saturated heterocycles. The first-order chi connectivity index (χ1) is 6.02. The predicted molar refractivity (Wildman–Crippen MR) is 61.2 cm³/mol. The molecule has 1 aromatic rings. The molecule has 0 bridgehead atoms.